The zero-order chi connectivity index (χ0) is 22.3. The van der Waals surface area contributed by atoms with E-state index < -0.39 is 10.0 Å². The number of hydrogen-bond donors (Lipinski definition) is 2. The van der Waals surface area contributed by atoms with E-state index in [1.54, 1.807) is 66.9 Å². The van der Waals surface area contributed by atoms with Crippen molar-refractivity contribution in [3.05, 3.63) is 84.6 Å². The molecule has 160 valence electrons. The molecular formula is C22H21N3O4S2. The van der Waals surface area contributed by atoms with Gasteiger partial charge in [0, 0.05) is 28.0 Å². The monoisotopic (exact) mass is 455 g/mol. The molecule has 0 saturated carbocycles. The lowest BCUT2D eigenvalue weighted by molar-refractivity contribution is -0.119. The standard InChI is InChI=1S/C22H21N3O4S2/c1-3-5-8-16(4-2)29-15-21(26)24-19-11-12-20(18-10-7-6-9-17(18)19)31(27,28)25-22-23-13-14-30-22/h3-14H,1,15H2,2H3,(H,23,25)(H,24,26)/b8-5-,16-4+. The molecule has 0 atom stereocenters. The zero-order valence-electron chi connectivity index (χ0n) is 16.7. The van der Waals surface area contributed by atoms with E-state index in [0.717, 1.165) is 0 Å². The van der Waals surface area contributed by atoms with Crippen molar-refractivity contribution in [3.8, 4) is 0 Å². The molecule has 1 amide bonds. The zero-order valence-corrected chi connectivity index (χ0v) is 18.4. The third kappa shape index (κ3) is 5.59. The number of benzene rings is 2. The highest BCUT2D eigenvalue weighted by Gasteiger charge is 2.20. The highest BCUT2D eigenvalue weighted by molar-refractivity contribution is 7.93. The molecule has 3 aromatic rings. The molecule has 7 nitrogen and oxygen atoms in total. The van der Waals surface area contributed by atoms with Crippen LogP contribution in [-0.2, 0) is 19.6 Å². The first-order valence-electron chi connectivity index (χ1n) is 9.26. The van der Waals surface area contributed by atoms with Crippen LogP contribution in [0.1, 0.15) is 6.92 Å². The summed E-state index contributed by atoms with van der Waals surface area (Å²) in [5.74, 6) is 0.169. The summed E-state index contributed by atoms with van der Waals surface area (Å²) in [6, 6.07) is 9.97. The summed E-state index contributed by atoms with van der Waals surface area (Å²) in [7, 11) is -3.85. The normalized spacial score (nSPS) is 12.1. The quantitative estimate of drug-likeness (QED) is 0.360. The minimum absolute atomic E-state index is 0.0957. The number of anilines is 2. The van der Waals surface area contributed by atoms with Gasteiger partial charge >= 0.3 is 0 Å². The van der Waals surface area contributed by atoms with Crippen molar-refractivity contribution in [1.82, 2.24) is 4.98 Å². The Kier molecular flexibility index (Phi) is 7.22. The molecule has 0 aliphatic carbocycles. The molecule has 2 aromatic carbocycles. The maximum absolute atomic E-state index is 12.9. The summed E-state index contributed by atoms with van der Waals surface area (Å²) in [5.41, 5.74) is 0.487. The summed E-state index contributed by atoms with van der Waals surface area (Å²) < 4.78 is 33.7. The molecule has 0 bridgehead atoms. The average molecular weight is 456 g/mol. The van der Waals surface area contributed by atoms with E-state index in [1.807, 2.05) is 0 Å². The molecule has 1 aromatic heterocycles. The van der Waals surface area contributed by atoms with Crippen LogP contribution >= 0.6 is 11.3 Å². The van der Waals surface area contributed by atoms with E-state index in [2.05, 4.69) is 21.6 Å². The molecule has 2 N–H and O–H groups in total. The van der Waals surface area contributed by atoms with Gasteiger partial charge in [0.1, 0.15) is 5.76 Å². The molecule has 0 unspecified atom stereocenters. The van der Waals surface area contributed by atoms with Crippen LogP contribution in [0.25, 0.3) is 10.8 Å². The molecule has 0 radical (unpaired) electrons. The Morgan fingerprint density at radius 2 is 2.00 bits per heavy atom. The number of nitrogens with zero attached hydrogens (tertiary/aromatic N) is 1. The van der Waals surface area contributed by atoms with Crippen LogP contribution in [0.3, 0.4) is 0 Å². The minimum atomic E-state index is -3.85. The molecule has 0 spiro atoms. The molecule has 3 rings (SSSR count). The molecule has 0 aliphatic heterocycles. The second-order valence-corrected chi connectivity index (χ2v) is 8.77. The van der Waals surface area contributed by atoms with Gasteiger partial charge in [0.05, 0.1) is 4.90 Å². The second kappa shape index (κ2) is 10.1. The molecule has 0 fully saturated rings. The molecule has 0 saturated heterocycles. The van der Waals surface area contributed by atoms with Crippen molar-refractivity contribution < 1.29 is 17.9 Å². The fourth-order valence-corrected chi connectivity index (χ4v) is 4.79. The minimum Gasteiger partial charge on any atom is -0.484 e. The van der Waals surface area contributed by atoms with E-state index in [1.165, 1.54) is 23.6 Å². The Hall–Kier alpha value is -3.43. The van der Waals surface area contributed by atoms with E-state index >= 15 is 0 Å². The molecule has 0 aliphatic rings. The van der Waals surface area contributed by atoms with Gasteiger partial charge in [0.15, 0.2) is 11.7 Å². The number of thiazole rings is 1. The van der Waals surface area contributed by atoms with Crippen molar-refractivity contribution in [2.45, 2.75) is 11.8 Å². The van der Waals surface area contributed by atoms with Gasteiger partial charge in [-0.15, -0.1) is 11.3 Å². The van der Waals surface area contributed by atoms with Crippen molar-refractivity contribution >= 4 is 48.9 Å². The van der Waals surface area contributed by atoms with Crippen molar-refractivity contribution in [1.29, 1.82) is 0 Å². The van der Waals surface area contributed by atoms with Crippen LogP contribution in [0.4, 0.5) is 10.8 Å². The number of fused-ring (bicyclic) bond motifs is 1. The third-order valence-corrected chi connectivity index (χ3v) is 6.37. The SMILES string of the molecule is C=C/C=C\C(=C/C)OCC(=O)Nc1ccc(S(=O)(=O)Nc2nccs2)c2ccccc12. The van der Waals surface area contributed by atoms with Crippen LogP contribution in [0, 0.1) is 0 Å². The van der Waals surface area contributed by atoms with E-state index in [-0.39, 0.29) is 22.5 Å². The number of carbonyl (C=O) groups is 1. The van der Waals surface area contributed by atoms with Gasteiger partial charge in [-0.05, 0) is 31.2 Å². The van der Waals surface area contributed by atoms with Crippen LogP contribution in [0.5, 0.6) is 0 Å². The number of sulfonamides is 1. The highest BCUT2D eigenvalue weighted by atomic mass is 32.2. The average Bonchev–Trinajstić information content (AvgIpc) is 3.26. The van der Waals surface area contributed by atoms with Crippen LogP contribution in [0.2, 0.25) is 0 Å². The van der Waals surface area contributed by atoms with Gasteiger partial charge in [0.25, 0.3) is 15.9 Å². The van der Waals surface area contributed by atoms with Crippen LogP contribution in [0.15, 0.2) is 89.5 Å². The third-order valence-electron chi connectivity index (χ3n) is 4.15. The van der Waals surface area contributed by atoms with Gasteiger partial charge in [-0.25, -0.2) is 13.4 Å². The number of carbonyl (C=O) groups excluding carboxylic acids is 1. The second-order valence-electron chi connectivity index (χ2n) is 6.22. The Morgan fingerprint density at radius 3 is 2.68 bits per heavy atom. The van der Waals surface area contributed by atoms with Crippen molar-refractivity contribution in [2.75, 3.05) is 16.6 Å². The number of rotatable bonds is 9. The molecule has 9 heteroatoms. The lowest BCUT2D eigenvalue weighted by Crippen LogP contribution is -2.18. The molecule has 1 heterocycles. The van der Waals surface area contributed by atoms with Gasteiger partial charge < -0.3 is 10.1 Å². The number of hydrogen-bond acceptors (Lipinski definition) is 6. The highest BCUT2D eigenvalue weighted by Crippen LogP contribution is 2.31. The topological polar surface area (TPSA) is 97.4 Å². The van der Waals surface area contributed by atoms with E-state index in [0.29, 0.717) is 22.2 Å². The van der Waals surface area contributed by atoms with Crippen LogP contribution in [-0.4, -0.2) is 25.9 Å². The van der Waals surface area contributed by atoms with Gasteiger partial charge in [-0.3, -0.25) is 9.52 Å². The maximum atomic E-state index is 12.9. The maximum Gasteiger partial charge on any atom is 0.264 e. The largest absolute Gasteiger partial charge is 0.484 e. The van der Waals surface area contributed by atoms with Gasteiger partial charge in [0.2, 0.25) is 0 Å². The number of nitrogens with one attached hydrogen (secondary N) is 2. The summed E-state index contributed by atoms with van der Waals surface area (Å²) in [6.07, 6.45) is 8.27. The summed E-state index contributed by atoms with van der Waals surface area (Å²) in [4.78, 5) is 16.5. The fourth-order valence-electron chi connectivity index (χ4n) is 2.78. The van der Waals surface area contributed by atoms with Gasteiger partial charge in [-0.2, -0.15) is 0 Å². The predicted molar refractivity (Wildman–Crippen MR) is 125 cm³/mol. The lowest BCUT2D eigenvalue weighted by Gasteiger charge is -2.13. The van der Waals surface area contributed by atoms with Gasteiger partial charge in [-0.1, -0.05) is 43.0 Å². The predicted octanol–water partition coefficient (Wildman–Crippen LogP) is 4.70. The fraction of sp³-hybridized carbons (Fsp3) is 0.0909. The molecule has 31 heavy (non-hydrogen) atoms. The van der Waals surface area contributed by atoms with Crippen molar-refractivity contribution in [3.63, 3.8) is 0 Å². The summed E-state index contributed by atoms with van der Waals surface area (Å²) in [6.45, 7) is 5.20. The lowest BCUT2D eigenvalue weighted by atomic mass is 10.1. The first kappa shape index (κ1) is 22.3. The Labute approximate surface area is 184 Å². The Bertz CT molecular complexity index is 1250. The summed E-state index contributed by atoms with van der Waals surface area (Å²) in [5, 5.41) is 5.82. The first-order chi connectivity index (χ1) is 14.9. The van der Waals surface area contributed by atoms with E-state index in [9.17, 15) is 13.2 Å². The number of allylic oxidation sites excluding steroid dienone is 4. The van der Waals surface area contributed by atoms with E-state index in [4.69, 9.17) is 4.74 Å². The summed E-state index contributed by atoms with van der Waals surface area (Å²) >= 11 is 1.19. The Balaban J connectivity index is 1.83. The van der Waals surface area contributed by atoms with Crippen LogP contribution < -0.4 is 10.0 Å². The number of ether oxygens (including phenoxy) is 1. The first-order valence-corrected chi connectivity index (χ1v) is 11.6. The smallest absolute Gasteiger partial charge is 0.264 e. The number of aromatic nitrogens is 1. The Morgan fingerprint density at radius 1 is 1.23 bits per heavy atom. The molecular weight excluding hydrogens is 434 g/mol. The van der Waals surface area contributed by atoms with Crippen molar-refractivity contribution in [2.24, 2.45) is 0 Å². The number of amides is 1.